The molecular formula is C12H16BrN. The molecule has 14 heavy (non-hydrogen) atoms. The number of halogens is 1. The van der Waals surface area contributed by atoms with Crippen LogP contribution in [-0.4, -0.2) is 6.04 Å². The van der Waals surface area contributed by atoms with Gasteiger partial charge in [0.25, 0.3) is 0 Å². The highest BCUT2D eigenvalue weighted by Crippen LogP contribution is 2.32. The Morgan fingerprint density at radius 2 is 2.00 bits per heavy atom. The van der Waals surface area contributed by atoms with Gasteiger partial charge in [0.05, 0.1) is 0 Å². The highest BCUT2D eigenvalue weighted by molar-refractivity contribution is 9.10. The van der Waals surface area contributed by atoms with Crippen LogP contribution in [-0.2, 0) is 6.54 Å². The van der Waals surface area contributed by atoms with Crippen LogP contribution in [0.25, 0.3) is 0 Å². The van der Waals surface area contributed by atoms with Gasteiger partial charge < -0.3 is 5.32 Å². The molecule has 1 N–H and O–H groups in total. The van der Waals surface area contributed by atoms with E-state index in [1.165, 1.54) is 18.4 Å². The molecule has 1 fully saturated rings. The maximum atomic E-state index is 3.56. The Hall–Kier alpha value is -0.340. The predicted octanol–water partition coefficient (Wildman–Crippen LogP) is 3.34. The zero-order valence-corrected chi connectivity index (χ0v) is 10.0. The van der Waals surface area contributed by atoms with Crippen LogP contribution >= 0.6 is 15.9 Å². The van der Waals surface area contributed by atoms with E-state index in [0.717, 1.165) is 16.9 Å². The summed E-state index contributed by atoms with van der Waals surface area (Å²) in [5.41, 5.74) is 1.36. The minimum absolute atomic E-state index is 0.679. The van der Waals surface area contributed by atoms with Gasteiger partial charge in [0, 0.05) is 17.1 Å². The van der Waals surface area contributed by atoms with Crippen LogP contribution in [0.1, 0.15) is 25.3 Å². The van der Waals surface area contributed by atoms with Crippen LogP contribution in [0.3, 0.4) is 0 Å². The van der Waals surface area contributed by atoms with Crippen LogP contribution in [0.2, 0.25) is 0 Å². The minimum atomic E-state index is 0.679. The van der Waals surface area contributed by atoms with Crippen LogP contribution < -0.4 is 5.32 Å². The van der Waals surface area contributed by atoms with Crippen molar-refractivity contribution in [2.24, 2.45) is 5.92 Å². The van der Waals surface area contributed by atoms with E-state index in [4.69, 9.17) is 0 Å². The lowest BCUT2D eigenvalue weighted by atomic mass is 10.2. The lowest BCUT2D eigenvalue weighted by Crippen LogP contribution is -2.27. The van der Waals surface area contributed by atoms with E-state index in [0.29, 0.717) is 6.04 Å². The normalized spacial score (nSPS) is 18.1. The summed E-state index contributed by atoms with van der Waals surface area (Å²) in [6, 6.07) is 9.20. The molecule has 0 spiro atoms. The number of hydrogen-bond donors (Lipinski definition) is 1. The van der Waals surface area contributed by atoms with Crippen molar-refractivity contribution in [2.75, 3.05) is 0 Å². The molecule has 1 nitrogen and oxygen atoms in total. The van der Waals surface area contributed by atoms with Gasteiger partial charge in [-0.2, -0.15) is 0 Å². The highest BCUT2D eigenvalue weighted by Gasteiger charge is 2.27. The lowest BCUT2D eigenvalue weighted by molar-refractivity contribution is 0.496. The molecule has 1 atom stereocenters. The van der Waals surface area contributed by atoms with Crippen molar-refractivity contribution in [1.29, 1.82) is 0 Å². The van der Waals surface area contributed by atoms with Crippen LogP contribution in [0.4, 0.5) is 0 Å². The summed E-state index contributed by atoms with van der Waals surface area (Å²) in [5, 5.41) is 3.56. The van der Waals surface area contributed by atoms with Crippen LogP contribution in [0.5, 0.6) is 0 Å². The van der Waals surface area contributed by atoms with Gasteiger partial charge in [-0.25, -0.2) is 0 Å². The van der Waals surface area contributed by atoms with Crippen molar-refractivity contribution < 1.29 is 0 Å². The third-order valence-electron chi connectivity index (χ3n) is 2.87. The summed E-state index contributed by atoms with van der Waals surface area (Å²) in [6.45, 7) is 3.28. The monoisotopic (exact) mass is 253 g/mol. The van der Waals surface area contributed by atoms with Gasteiger partial charge in [0.2, 0.25) is 0 Å². The Labute approximate surface area is 94.0 Å². The van der Waals surface area contributed by atoms with Crippen LogP contribution in [0, 0.1) is 5.92 Å². The fraction of sp³-hybridized carbons (Fsp3) is 0.500. The summed E-state index contributed by atoms with van der Waals surface area (Å²) in [5.74, 6) is 0.936. The lowest BCUT2D eigenvalue weighted by Gasteiger charge is -2.12. The van der Waals surface area contributed by atoms with Crippen LogP contribution in [0.15, 0.2) is 28.7 Å². The first-order chi connectivity index (χ1) is 6.75. The second-order valence-electron chi connectivity index (χ2n) is 4.13. The van der Waals surface area contributed by atoms with E-state index in [-0.39, 0.29) is 0 Å². The Morgan fingerprint density at radius 1 is 1.36 bits per heavy atom. The number of rotatable bonds is 4. The largest absolute Gasteiger partial charge is 0.310 e. The van der Waals surface area contributed by atoms with Gasteiger partial charge in [0.15, 0.2) is 0 Å². The first kappa shape index (κ1) is 10.2. The molecule has 2 heteroatoms. The number of nitrogens with one attached hydrogen (secondary N) is 1. The zero-order valence-electron chi connectivity index (χ0n) is 8.46. The first-order valence-electron chi connectivity index (χ1n) is 5.23. The topological polar surface area (TPSA) is 12.0 Å². The third-order valence-corrected chi connectivity index (χ3v) is 3.40. The van der Waals surface area contributed by atoms with E-state index < -0.39 is 0 Å². The molecule has 0 saturated heterocycles. The average molecular weight is 254 g/mol. The Kier molecular flexibility index (Phi) is 3.24. The molecule has 1 aromatic rings. The predicted molar refractivity (Wildman–Crippen MR) is 63.2 cm³/mol. The molecule has 1 aromatic carbocycles. The van der Waals surface area contributed by atoms with Gasteiger partial charge in [-0.05, 0) is 43.4 Å². The quantitative estimate of drug-likeness (QED) is 0.868. The molecule has 2 rings (SSSR count). The molecule has 0 radical (unpaired) electrons. The Morgan fingerprint density at radius 3 is 2.57 bits per heavy atom. The van der Waals surface area contributed by atoms with E-state index in [1.54, 1.807) is 0 Å². The third kappa shape index (κ3) is 2.82. The van der Waals surface area contributed by atoms with Crippen molar-refractivity contribution in [3.63, 3.8) is 0 Å². The van der Waals surface area contributed by atoms with Gasteiger partial charge in [-0.15, -0.1) is 0 Å². The molecule has 0 amide bonds. The molecule has 0 aromatic heterocycles. The molecule has 0 bridgehead atoms. The highest BCUT2D eigenvalue weighted by atomic mass is 79.9. The maximum Gasteiger partial charge on any atom is 0.0208 e. The molecular weight excluding hydrogens is 238 g/mol. The van der Waals surface area contributed by atoms with E-state index in [1.807, 2.05) is 0 Å². The van der Waals surface area contributed by atoms with Crippen molar-refractivity contribution in [1.82, 2.24) is 5.32 Å². The zero-order chi connectivity index (χ0) is 9.97. The van der Waals surface area contributed by atoms with E-state index in [9.17, 15) is 0 Å². The van der Waals surface area contributed by atoms with Gasteiger partial charge in [-0.3, -0.25) is 0 Å². The Balaban J connectivity index is 1.82. The van der Waals surface area contributed by atoms with Crippen molar-refractivity contribution in [3.05, 3.63) is 34.3 Å². The molecule has 1 aliphatic carbocycles. The summed E-state index contributed by atoms with van der Waals surface area (Å²) in [4.78, 5) is 0. The standard InChI is InChI=1S/C12H16BrN/c1-9(11-4-5-11)14-8-10-2-6-12(13)7-3-10/h2-3,6-7,9,11,14H,4-5,8H2,1H3/t9-/m0/s1. The summed E-state index contributed by atoms with van der Waals surface area (Å²) >= 11 is 3.44. The fourth-order valence-electron chi connectivity index (χ4n) is 1.64. The molecule has 0 heterocycles. The van der Waals surface area contributed by atoms with E-state index >= 15 is 0 Å². The number of hydrogen-bond acceptors (Lipinski definition) is 1. The number of benzene rings is 1. The van der Waals surface area contributed by atoms with Crippen molar-refractivity contribution >= 4 is 15.9 Å². The SMILES string of the molecule is C[C@H](NCc1ccc(Br)cc1)C1CC1. The fourth-order valence-corrected chi connectivity index (χ4v) is 1.91. The maximum absolute atomic E-state index is 3.56. The second kappa shape index (κ2) is 4.45. The first-order valence-corrected chi connectivity index (χ1v) is 6.03. The Bertz CT molecular complexity index is 290. The molecule has 1 aliphatic rings. The van der Waals surface area contributed by atoms with Gasteiger partial charge in [0.1, 0.15) is 0 Å². The van der Waals surface area contributed by atoms with Gasteiger partial charge >= 0.3 is 0 Å². The smallest absolute Gasteiger partial charge is 0.0208 e. The van der Waals surface area contributed by atoms with Gasteiger partial charge in [-0.1, -0.05) is 28.1 Å². The molecule has 0 aliphatic heterocycles. The molecule has 1 saturated carbocycles. The average Bonchev–Trinajstić information content (AvgIpc) is 3.00. The molecule has 0 unspecified atom stereocenters. The molecule has 76 valence electrons. The minimum Gasteiger partial charge on any atom is -0.310 e. The van der Waals surface area contributed by atoms with Crippen molar-refractivity contribution in [2.45, 2.75) is 32.4 Å². The summed E-state index contributed by atoms with van der Waals surface area (Å²) < 4.78 is 1.15. The van der Waals surface area contributed by atoms with Crippen molar-refractivity contribution in [3.8, 4) is 0 Å². The van der Waals surface area contributed by atoms with E-state index in [2.05, 4.69) is 52.4 Å². The summed E-state index contributed by atoms with van der Waals surface area (Å²) in [6.07, 6.45) is 2.82. The second-order valence-corrected chi connectivity index (χ2v) is 5.05. The summed E-state index contributed by atoms with van der Waals surface area (Å²) in [7, 11) is 0.